The molecule has 8 heteroatoms. The van der Waals surface area contributed by atoms with E-state index in [-0.39, 0.29) is 12.4 Å². The van der Waals surface area contributed by atoms with Crippen molar-refractivity contribution >= 4 is 13.2 Å². The second kappa shape index (κ2) is 6.66. The van der Waals surface area contributed by atoms with E-state index in [1.54, 1.807) is 6.08 Å². The highest BCUT2D eigenvalue weighted by atomic mass is 19.4. The number of benzene rings is 1. The standard InChI is InChI=1S/C17H22BF3O4/c1-15(2)16(3,4)25-18(24-15)12(10-22)8-11-6-7-13(17(19,20)21)14(9-11)23-5/h6-9,22H,10H2,1-5H3. The molecule has 0 amide bonds. The van der Waals surface area contributed by atoms with E-state index < -0.39 is 30.1 Å². The summed E-state index contributed by atoms with van der Waals surface area (Å²) in [6.45, 7) is 7.17. The lowest BCUT2D eigenvalue weighted by molar-refractivity contribution is -0.138. The molecule has 1 fully saturated rings. The van der Waals surface area contributed by atoms with Gasteiger partial charge < -0.3 is 19.2 Å². The second-order valence-electron chi connectivity index (χ2n) is 6.92. The maximum Gasteiger partial charge on any atom is 0.492 e. The highest BCUT2D eigenvalue weighted by Gasteiger charge is 2.52. The van der Waals surface area contributed by atoms with Gasteiger partial charge in [-0.1, -0.05) is 12.1 Å². The molecule has 25 heavy (non-hydrogen) atoms. The van der Waals surface area contributed by atoms with Crippen molar-refractivity contribution in [2.45, 2.75) is 45.1 Å². The monoisotopic (exact) mass is 358 g/mol. The summed E-state index contributed by atoms with van der Waals surface area (Å²) < 4.78 is 55.4. The summed E-state index contributed by atoms with van der Waals surface area (Å²) in [6, 6.07) is 3.53. The zero-order valence-corrected chi connectivity index (χ0v) is 14.9. The molecule has 138 valence electrons. The van der Waals surface area contributed by atoms with Crippen LogP contribution in [-0.2, 0) is 15.5 Å². The molecule has 1 aromatic rings. The summed E-state index contributed by atoms with van der Waals surface area (Å²) in [6.07, 6.45) is -2.95. The van der Waals surface area contributed by atoms with Gasteiger partial charge in [-0.3, -0.25) is 0 Å². The number of alkyl halides is 3. The molecule has 0 atom stereocenters. The Hall–Kier alpha value is -1.51. The van der Waals surface area contributed by atoms with Gasteiger partial charge in [-0.2, -0.15) is 13.2 Å². The summed E-state index contributed by atoms with van der Waals surface area (Å²) in [4.78, 5) is 0. The van der Waals surface area contributed by atoms with Gasteiger partial charge in [0.15, 0.2) is 0 Å². The van der Waals surface area contributed by atoms with Crippen LogP contribution in [-0.4, -0.2) is 37.1 Å². The molecule has 1 aromatic carbocycles. The van der Waals surface area contributed by atoms with Gasteiger partial charge >= 0.3 is 13.3 Å². The number of methoxy groups -OCH3 is 1. The molecule has 4 nitrogen and oxygen atoms in total. The molecule has 1 N–H and O–H groups in total. The predicted octanol–water partition coefficient (Wildman–Crippen LogP) is 3.72. The summed E-state index contributed by atoms with van der Waals surface area (Å²) in [5, 5.41) is 9.66. The number of halogens is 3. The van der Waals surface area contributed by atoms with Gasteiger partial charge in [0, 0.05) is 0 Å². The Kier molecular flexibility index (Phi) is 5.28. The van der Waals surface area contributed by atoms with Crippen molar-refractivity contribution < 1.29 is 32.3 Å². The minimum Gasteiger partial charge on any atom is -0.496 e. The predicted molar refractivity (Wildman–Crippen MR) is 89.1 cm³/mol. The van der Waals surface area contributed by atoms with Crippen molar-refractivity contribution in [3.05, 3.63) is 34.8 Å². The van der Waals surface area contributed by atoms with E-state index in [0.29, 0.717) is 11.0 Å². The Morgan fingerprint density at radius 2 is 1.76 bits per heavy atom. The van der Waals surface area contributed by atoms with Crippen molar-refractivity contribution in [3.8, 4) is 5.75 Å². The van der Waals surface area contributed by atoms with Gasteiger partial charge in [-0.15, -0.1) is 0 Å². The zero-order valence-electron chi connectivity index (χ0n) is 14.9. The normalized spacial score (nSPS) is 20.0. The van der Waals surface area contributed by atoms with Crippen LogP contribution in [0.25, 0.3) is 6.08 Å². The van der Waals surface area contributed by atoms with Gasteiger partial charge in [-0.25, -0.2) is 0 Å². The molecule has 0 saturated carbocycles. The van der Waals surface area contributed by atoms with Gasteiger partial charge in [-0.05, 0) is 50.9 Å². The van der Waals surface area contributed by atoms with Crippen LogP contribution >= 0.6 is 0 Å². The van der Waals surface area contributed by atoms with Crippen molar-refractivity contribution in [1.82, 2.24) is 0 Å². The van der Waals surface area contributed by atoms with E-state index in [9.17, 15) is 18.3 Å². The fraction of sp³-hybridized carbons (Fsp3) is 0.529. The first-order valence-electron chi connectivity index (χ1n) is 7.83. The fourth-order valence-corrected chi connectivity index (χ4v) is 2.43. The molecule has 0 aromatic heterocycles. The third-order valence-electron chi connectivity index (χ3n) is 4.62. The summed E-state index contributed by atoms with van der Waals surface area (Å²) >= 11 is 0. The minimum absolute atomic E-state index is 0.285. The average Bonchev–Trinajstić information content (AvgIpc) is 2.71. The second-order valence-corrected chi connectivity index (χ2v) is 6.92. The highest BCUT2D eigenvalue weighted by Crippen LogP contribution is 2.40. The van der Waals surface area contributed by atoms with Gasteiger partial charge in [0.05, 0.1) is 30.5 Å². The molecular weight excluding hydrogens is 336 g/mol. The molecule has 2 rings (SSSR count). The number of aliphatic hydroxyl groups excluding tert-OH is 1. The zero-order chi connectivity index (χ0) is 19.0. The van der Waals surface area contributed by atoms with Crippen molar-refractivity contribution in [2.75, 3.05) is 13.7 Å². The summed E-state index contributed by atoms with van der Waals surface area (Å²) in [5.74, 6) is -0.285. The molecule has 1 heterocycles. The number of aliphatic hydroxyl groups is 1. The molecule has 0 radical (unpaired) electrons. The smallest absolute Gasteiger partial charge is 0.492 e. The minimum atomic E-state index is -4.50. The molecule has 0 unspecified atom stereocenters. The van der Waals surface area contributed by atoms with Crippen LogP contribution in [0.1, 0.15) is 38.8 Å². The Bertz CT molecular complexity index is 652. The maximum atomic E-state index is 12.9. The van der Waals surface area contributed by atoms with E-state index in [1.165, 1.54) is 19.2 Å². The van der Waals surface area contributed by atoms with Crippen LogP contribution in [0.2, 0.25) is 0 Å². The van der Waals surface area contributed by atoms with Crippen molar-refractivity contribution in [3.63, 3.8) is 0 Å². The first kappa shape index (κ1) is 19.8. The molecule has 0 aliphatic carbocycles. The van der Waals surface area contributed by atoms with Gasteiger partial charge in [0.25, 0.3) is 0 Å². The number of rotatable bonds is 4. The van der Waals surface area contributed by atoms with E-state index in [4.69, 9.17) is 14.0 Å². The largest absolute Gasteiger partial charge is 0.496 e. The number of hydrogen-bond donors (Lipinski definition) is 1. The molecule has 0 spiro atoms. The van der Waals surface area contributed by atoms with Gasteiger partial charge in [0.2, 0.25) is 0 Å². The van der Waals surface area contributed by atoms with Crippen molar-refractivity contribution in [2.24, 2.45) is 0 Å². The lowest BCUT2D eigenvalue weighted by Gasteiger charge is -2.32. The Morgan fingerprint density at radius 1 is 1.20 bits per heavy atom. The molecule has 0 bridgehead atoms. The topological polar surface area (TPSA) is 47.9 Å². The fourth-order valence-electron chi connectivity index (χ4n) is 2.43. The van der Waals surface area contributed by atoms with E-state index in [2.05, 4.69) is 0 Å². The van der Waals surface area contributed by atoms with Crippen molar-refractivity contribution in [1.29, 1.82) is 0 Å². The molecule has 1 saturated heterocycles. The first-order chi connectivity index (χ1) is 11.4. The van der Waals surface area contributed by atoms with Crippen LogP contribution in [0.3, 0.4) is 0 Å². The SMILES string of the molecule is COc1cc(C=C(CO)B2OC(C)(C)C(C)(C)O2)ccc1C(F)(F)F. The molecule has 1 aliphatic rings. The number of ether oxygens (including phenoxy) is 1. The third-order valence-corrected chi connectivity index (χ3v) is 4.62. The summed E-state index contributed by atoms with van der Waals surface area (Å²) in [5.41, 5.74) is -1.15. The molecular formula is C17H22BF3O4. The Labute approximate surface area is 145 Å². The van der Waals surface area contributed by atoms with E-state index in [0.717, 1.165) is 6.07 Å². The first-order valence-corrected chi connectivity index (χ1v) is 7.83. The van der Waals surface area contributed by atoms with Crippen LogP contribution < -0.4 is 4.74 Å². The van der Waals surface area contributed by atoms with Crippen LogP contribution in [0.4, 0.5) is 13.2 Å². The van der Waals surface area contributed by atoms with Gasteiger partial charge in [0.1, 0.15) is 5.75 Å². The number of hydrogen-bond acceptors (Lipinski definition) is 4. The van der Waals surface area contributed by atoms with Crippen LogP contribution in [0.5, 0.6) is 5.75 Å². The Morgan fingerprint density at radius 3 is 2.20 bits per heavy atom. The quantitative estimate of drug-likeness (QED) is 0.834. The van der Waals surface area contributed by atoms with E-state index >= 15 is 0 Å². The van der Waals surface area contributed by atoms with E-state index in [1.807, 2.05) is 27.7 Å². The molecule has 1 aliphatic heterocycles. The van der Waals surface area contributed by atoms with Crippen LogP contribution in [0.15, 0.2) is 23.7 Å². The van der Waals surface area contributed by atoms with Crippen LogP contribution in [0, 0.1) is 0 Å². The highest BCUT2D eigenvalue weighted by molar-refractivity contribution is 6.55. The maximum absolute atomic E-state index is 12.9. The Balaban J connectivity index is 2.35. The summed E-state index contributed by atoms with van der Waals surface area (Å²) in [7, 11) is 0.405. The third kappa shape index (κ3) is 4.02. The average molecular weight is 358 g/mol. The lowest BCUT2D eigenvalue weighted by atomic mass is 9.77. The lowest BCUT2D eigenvalue weighted by Crippen LogP contribution is -2.41.